The van der Waals surface area contributed by atoms with Gasteiger partial charge in [-0.3, -0.25) is 9.59 Å². The smallest absolute Gasteiger partial charge is 0.307 e. The zero-order chi connectivity index (χ0) is 20.2. The predicted octanol–water partition coefficient (Wildman–Crippen LogP) is 5.08. The van der Waals surface area contributed by atoms with Gasteiger partial charge < -0.3 is 10.4 Å². The number of allylic oxidation sites excluding steroid dienone is 2. The summed E-state index contributed by atoms with van der Waals surface area (Å²) in [5.41, 5.74) is 2.79. The summed E-state index contributed by atoms with van der Waals surface area (Å²) in [6.45, 7) is 0. The Kier molecular flexibility index (Phi) is 5.53. The van der Waals surface area contributed by atoms with E-state index in [2.05, 4.69) is 10.3 Å². The Bertz CT molecular complexity index is 987. The van der Waals surface area contributed by atoms with Crippen molar-refractivity contribution in [2.75, 3.05) is 5.32 Å². The Morgan fingerprint density at radius 3 is 2.10 bits per heavy atom. The Balaban J connectivity index is 1.66. The number of anilines is 1. The maximum absolute atomic E-state index is 12.8. The summed E-state index contributed by atoms with van der Waals surface area (Å²) in [5.74, 6) is -2.54. The van der Waals surface area contributed by atoms with Crippen molar-refractivity contribution in [3.05, 3.63) is 72.8 Å². The third-order valence-corrected chi connectivity index (χ3v) is 6.05. The topological polar surface area (TPSA) is 79.3 Å². The summed E-state index contributed by atoms with van der Waals surface area (Å²) in [6, 6.07) is 19.7. The van der Waals surface area contributed by atoms with Crippen LogP contribution in [0.3, 0.4) is 0 Å². The fraction of sp³-hybridized carbons (Fsp3) is 0.174. The number of carboxylic acids is 1. The summed E-state index contributed by atoms with van der Waals surface area (Å²) in [5, 5.41) is 12.8. The van der Waals surface area contributed by atoms with E-state index in [1.807, 2.05) is 72.8 Å². The van der Waals surface area contributed by atoms with Crippen molar-refractivity contribution in [1.29, 1.82) is 0 Å². The van der Waals surface area contributed by atoms with E-state index in [0.29, 0.717) is 18.0 Å². The molecule has 2 aromatic carbocycles. The van der Waals surface area contributed by atoms with Gasteiger partial charge >= 0.3 is 5.97 Å². The molecule has 0 radical (unpaired) electrons. The number of thiazole rings is 1. The standard InChI is InChI=1S/C23H20N2O3S/c26-21(17-13-7-8-14-18(17)22(27)28)25-23-24-19(15-9-3-1-4-10-15)20(29-23)16-11-5-2-6-12-16/h1-12,17-18H,13-14H2,(H,27,28)(H,24,25,26)/t17-,18-/m0/s1. The van der Waals surface area contributed by atoms with Gasteiger partial charge in [0.05, 0.1) is 22.4 Å². The summed E-state index contributed by atoms with van der Waals surface area (Å²) < 4.78 is 0. The minimum Gasteiger partial charge on any atom is -0.481 e. The van der Waals surface area contributed by atoms with Crippen LogP contribution in [0, 0.1) is 11.8 Å². The SMILES string of the molecule is O=C(O)[C@H]1CC=CC[C@@H]1C(=O)Nc1nc(-c2ccccc2)c(-c2ccccc2)s1. The molecule has 6 heteroatoms. The number of amides is 1. The first-order valence-electron chi connectivity index (χ1n) is 9.44. The van der Waals surface area contributed by atoms with Crippen LogP contribution in [0.25, 0.3) is 21.7 Å². The number of nitrogens with one attached hydrogen (secondary N) is 1. The van der Waals surface area contributed by atoms with E-state index in [4.69, 9.17) is 0 Å². The van der Waals surface area contributed by atoms with Crippen molar-refractivity contribution in [2.24, 2.45) is 11.8 Å². The molecule has 146 valence electrons. The molecule has 0 unspecified atom stereocenters. The van der Waals surface area contributed by atoms with Crippen LogP contribution in [-0.2, 0) is 9.59 Å². The van der Waals surface area contributed by atoms with E-state index in [1.165, 1.54) is 11.3 Å². The Morgan fingerprint density at radius 1 is 0.897 bits per heavy atom. The number of aromatic nitrogens is 1. The van der Waals surface area contributed by atoms with Gasteiger partial charge in [-0.2, -0.15) is 0 Å². The highest BCUT2D eigenvalue weighted by atomic mass is 32.1. The van der Waals surface area contributed by atoms with Gasteiger partial charge in [0.25, 0.3) is 0 Å². The lowest BCUT2D eigenvalue weighted by Crippen LogP contribution is -2.34. The number of hydrogen-bond acceptors (Lipinski definition) is 4. The highest BCUT2D eigenvalue weighted by molar-refractivity contribution is 7.19. The average Bonchev–Trinajstić information content (AvgIpc) is 3.18. The van der Waals surface area contributed by atoms with E-state index in [-0.39, 0.29) is 5.91 Å². The highest BCUT2D eigenvalue weighted by Crippen LogP contribution is 2.39. The maximum atomic E-state index is 12.8. The number of aliphatic carboxylic acids is 1. The lowest BCUT2D eigenvalue weighted by molar-refractivity contribution is -0.146. The number of carboxylic acid groups (broad SMARTS) is 1. The Labute approximate surface area is 172 Å². The van der Waals surface area contributed by atoms with Crippen molar-refractivity contribution in [3.8, 4) is 21.7 Å². The molecule has 1 aliphatic rings. The second-order valence-electron chi connectivity index (χ2n) is 6.91. The van der Waals surface area contributed by atoms with E-state index in [1.54, 1.807) is 0 Å². The van der Waals surface area contributed by atoms with E-state index >= 15 is 0 Å². The van der Waals surface area contributed by atoms with Gasteiger partial charge in [0.2, 0.25) is 5.91 Å². The van der Waals surface area contributed by atoms with Gasteiger partial charge in [-0.25, -0.2) is 4.98 Å². The van der Waals surface area contributed by atoms with Gasteiger partial charge in [0.15, 0.2) is 5.13 Å². The number of benzene rings is 2. The maximum Gasteiger partial charge on any atom is 0.307 e. The average molecular weight is 404 g/mol. The molecule has 1 aliphatic carbocycles. The van der Waals surface area contributed by atoms with Gasteiger partial charge in [-0.1, -0.05) is 84.2 Å². The third-order valence-electron chi connectivity index (χ3n) is 5.03. The second kappa shape index (κ2) is 8.41. The molecule has 2 N–H and O–H groups in total. The molecular formula is C23H20N2O3S. The van der Waals surface area contributed by atoms with Crippen LogP contribution in [0.5, 0.6) is 0 Å². The number of rotatable bonds is 5. The molecule has 5 nitrogen and oxygen atoms in total. The summed E-state index contributed by atoms with van der Waals surface area (Å²) in [4.78, 5) is 30.0. The van der Waals surface area contributed by atoms with Gasteiger partial charge in [0, 0.05) is 5.56 Å². The van der Waals surface area contributed by atoms with Crippen molar-refractivity contribution in [3.63, 3.8) is 0 Å². The van der Waals surface area contributed by atoms with Gasteiger partial charge in [-0.05, 0) is 18.4 Å². The zero-order valence-electron chi connectivity index (χ0n) is 15.6. The minimum absolute atomic E-state index is 0.297. The molecule has 1 amide bonds. The van der Waals surface area contributed by atoms with Crippen LogP contribution in [0.4, 0.5) is 5.13 Å². The molecule has 1 aromatic heterocycles. The third kappa shape index (κ3) is 4.12. The molecule has 0 saturated heterocycles. The second-order valence-corrected chi connectivity index (χ2v) is 7.91. The van der Waals surface area contributed by atoms with Crippen LogP contribution in [0.15, 0.2) is 72.8 Å². The van der Waals surface area contributed by atoms with E-state index in [0.717, 1.165) is 21.7 Å². The molecule has 2 atom stereocenters. The molecule has 0 aliphatic heterocycles. The first-order chi connectivity index (χ1) is 14.1. The molecule has 0 saturated carbocycles. The number of hydrogen-bond donors (Lipinski definition) is 2. The first kappa shape index (κ1) is 19.1. The van der Waals surface area contributed by atoms with Crippen LogP contribution < -0.4 is 5.32 Å². The van der Waals surface area contributed by atoms with Crippen LogP contribution >= 0.6 is 11.3 Å². The molecule has 3 aromatic rings. The largest absolute Gasteiger partial charge is 0.481 e. The van der Waals surface area contributed by atoms with Crippen LogP contribution in [0.1, 0.15) is 12.8 Å². The normalized spacial score (nSPS) is 18.3. The Morgan fingerprint density at radius 2 is 1.48 bits per heavy atom. The van der Waals surface area contributed by atoms with Gasteiger partial charge in [0.1, 0.15) is 0 Å². The van der Waals surface area contributed by atoms with Crippen LogP contribution in [-0.4, -0.2) is 22.0 Å². The van der Waals surface area contributed by atoms with E-state index in [9.17, 15) is 14.7 Å². The van der Waals surface area contributed by atoms with Crippen molar-refractivity contribution in [2.45, 2.75) is 12.8 Å². The predicted molar refractivity (Wildman–Crippen MR) is 115 cm³/mol. The van der Waals surface area contributed by atoms with Crippen LogP contribution in [0.2, 0.25) is 0 Å². The Hall–Kier alpha value is -3.25. The monoisotopic (exact) mass is 404 g/mol. The lowest BCUT2D eigenvalue weighted by atomic mass is 9.82. The molecule has 0 spiro atoms. The highest BCUT2D eigenvalue weighted by Gasteiger charge is 2.34. The zero-order valence-corrected chi connectivity index (χ0v) is 16.4. The van der Waals surface area contributed by atoms with Gasteiger partial charge in [-0.15, -0.1) is 0 Å². The van der Waals surface area contributed by atoms with E-state index < -0.39 is 17.8 Å². The first-order valence-corrected chi connectivity index (χ1v) is 10.3. The number of carbonyl (C=O) groups is 2. The summed E-state index contributed by atoms with van der Waals surface area (Å²) in [7, 11) is 0. The van der Waals surface area contributed by atoms with Crippen molar-refractivity contribution >= 4 is 28.3 Å². The van der Waals surface area contributed by atoms with Crippen molar-refractivity contribution in [1.82, 2.24) is 4.98 Å². The molecule has 0 fully saturated rings. The number of carbonyl (C=O) groups excluding carboxylic acids is 1. The fourth-order valence-corrected chi connectivity index (χ4v) is 4.52. The molecule has 1 heterocycles. The summed E-state index contributed by atoms with van der Waals surface area (Å²) >= 11 is 1.40. The lowest BCUT2D eigenvalue weighted by Gasteiger charge is -2.23. The number of nitrogens with zero attached hydrogens (tertiary/aromatic N) is 1. The summed E-state index contributed by atoms with van der Waals surface area (Å²) in [6.07, 6.45) is 4.49. The quantitative estimate of drug-likeness (QED) is 0.581. The van der Waals surface area contributed by atoms with Crippen molar-refractivity contribution < 1.29 is 14.7 Å². The molecule has 4 rings (SSSR count). The molecule has 29 heavy (non-hydrogen) atoms. The molecular weight excluding hydrogens is 384 g/mol. The minimum atomic E-state index is -0.941. The fourth-order valence-electron chi connectivity index (χ4n) is 3.53. The molecule has 0 bridgehead atoms.